The molecule has 0 radical (unpaired) electrons. The van der Waals surface area contributed by atoms with Crippen molar-refractivity contribution >= 4 is 23.8 Å². The molecule has 2 fully saturated rings. The maximum Gasteiger partial charge on any atom is 0.327 e. The highest BCUT2D eigenvalue weighted by atomic mass is 32.2. The molecule has 1 aliphatic heterocycles. The van der Waals surface area contributed by atoms with E-state index in [1.807, 2.05) is 6.92 Å². The van der Waals surface area contributed by atoms with Crippen molar-refractivity contribution in [2.24, 2.45) is 0 Å². The minimum absolute atomic E-state index is 0.0446. The molecule has 2 atom stereocenters. The molecular weight excluding hydrogens is 292 g/mol. The third kappa shape index (κ3) is 4.03. The molecule has 1 saturated heterocycles. The van der Waals surface area contributed by atoms with E-state index in [0.717, 1.165) is 25.7 Å². The van der Waals surface area contributed by atoms with E-state index in [4.69, 9.17) is 0 Å². The number of urea groups is 1. The van der Waals surface area contributed by atoms with Crippen LogP contribution in [0.2, 0.25) is 0 Å². The lowest BCUT2D eigenvalue weighted by Crippen LogP contribution is -2.53. The Hall–Kier alpha value is -0.950. The minimum Gasteiger partial charge on any atom is -0.480 e. The normalized spacial score (nSPS) is 33.0. The van der Waals surface area contributed by atoms with Crippen molar-refractivity contribution in [1.29, 1.82) is 0 Å². The topological polar surface area (TPSA) is 89.9 Å². The van der Waals surface area contributed by atoms with Gasteiger partial charge in [-0.2, -0.15) is 0 Å². The Kier molecular flexibility index (Phi) is 5.75. The molecule has 7 heteroatoms. The van der Waals surface area contributed by atoms with Gasteiger partial charge in [0.15, 0.2) is 0 Å². The Bertz CT molecular complexity index is 385. The van der Waals surface area contributed by atoms with Crippen LogP contribution in [0.25, 0.3) is 0 Å². The molecule has 0 bridgehead atoms. The number of rotatable bonds is 4. The van der Waals surface area contributed by atoms with Crippen LogP contribution in [0.1, 0.15) is 45.4 Å². The summed E-state index contributed by atoms with van der Waals surface area (Å²) in [6.07, 6.45) is 4.36. The van der Waals surface area contributed by atoms with E-state index in [2.05, 4.69) is 5.32 Å². The molecule has 0 aromatic carbocycles. The molecule has 0 aromatic heterocycles. The van der Waals surface area contributed by atoms with Crippen molar-refractivity contribution in [2.75, 3.05) is 5.75 Å². The number of nitrogens with one attached hydrogen (secondary N) is 1. The van der Waals surface area contributed by atoms with Gasteiger partial charge in [-0.15, -0.1) is 11.8 Å². The monoisotopic (exact) mass is 316 g/mol. The molecule has 1 heterocycles. The van der Waals surface area contributed by atoms with Crippen LogP contribution in [-0.4, -0.2) is 56.4 Å². The summed E-state index contributed by atoms with van der Waals surface area (Å²) in [5.74, 6) is -0.480. The van der Waals surface area contributed by atoms with E-state index in [9.17, 15) is 19.8 Å². The van der Waals surface area contributed by atoms with Gasteiger partial charge in [0.1, 0.15) is 6.04 Å². The zero-order chi connectivity index (χ0) is 15.4. The van der Waals surface area contributed by atoms with Gasteiger partial charge in [-0.05, 0) is 32.1 Å². The maximum atomic E-state index is 12.5. The number of aliphatic hydroxyl groups is 1. The number of hydrogen-bond acceptors (Lipinski definition) is 4. The van der Waals surface area contributed by atoms with E-state index in [0.29, 0.717) is 18.6 Å². The standard InChI is InChI=1S/C14H24N2O4S/c1-2-3-12-16(11(8-21-12)13(18)19)14(20)15-9-4-6-10(17)7-5-9/h9-12,17H,2-8H2,1H3,(H,15,20)(H,18,19). The van der Waals surface area contributed by atoms with Gasteiger partial charge in [0, 0.05) is 11.8 Å². The molecule has 2 unspecified atom stereocenters. The predicted octanol–water partition coefficient (Wildman–Crippen LogP) is 1.63. The molecule has 2 amide bonds. The third-order valence-corrected chi connectivity index (χ3v) is 5.53. The highest BCUT2D eigenvalue weighted by Gasteiger charge is 2.41. The Morgan fingerprint density at radius 1 is 1.29 bits per heavy atom. The van der Waals surface area contributed by atoms with Crippen molar-refractivity contribution in [1.82, 2.24) is 10.2 Å². The molecule has 2 aliphatic rings. The third-order valence-electron chi connectivity index (χ3n) is 4.17. The van der Waals surface area contributed by atoms with Gasteiger partial charge < -0.3 is 15.5 Å². The first kappa shape index (κ1) is 16.4. The van der Waals surface area contributed by atoms with Crippen molar-refractivity contribution in [3.8, 4) is 0 Å². The largest absolute Gasteiger partial charge is 0.480 e. The quantitative estimate of drug-likeness (QED) is 0.733. The number of hydrogen-bond donors (Lipinski definition) is 3. The Labute approximate surface area is 129 Å². The van der Waals surface area contributed by atoms with E-state index in [-0.39, 0.29) is 23.6 Å². The van der Waals surface area contributed by atoms with E-state index >= 15 is 0 Å². The first-order valence-corrected chi connectivity index (χ1v) is 8.69. The number of amides is 2. The van der Waals surface area contributed by atoms with Crippen molar-refractivity contribution in [2.45, 2.75) is 69.0 Å². The van der Waals surface area contributed by atoms with Crippen LogP contribution in [0.3, 0.4) is 0 Å². The lowest BCUT2D eigenvalue weighted by atomic mass is 9.93. The maximum absolute atomic E-state index is 12.5. The Balaban J connectivity index is 1.97. The Morgan fingerprint density at radius 3 is 2.52 bits per heavy atom. The molecule has 0 spiro atoms. The molecule has 3 N–H and O–H groups in total. The number of carboxylic acids is 1. The molecule has 1 saturated carbocycles. The van der Waals surface area contributed by atoms with Gasteiger partial charge in [0.2, 0.25) is 0 Å². The zero-order valence-electron chi connectivity index (χ0n) is 12.3. The first-order valence-electron chi connectivity index (χ1n) is 7.64. The van der Waals surface area contributed by atoms with Crippen molar-refractivity contribution in [3.63, 3.8) is 0 Å². The number of carboxylic acid groups (broad SMARTS) is 1. The van der Waals surface area contributed by atoms with Crippen molar-refractivity contribution < 1.29 is 19.8 Å². The lowest BCUT2D eigenvalue weighted by Gasteiger charge is -2.32. The predicted molar refractivity (Wildman–Crippen MR) is 81.2 cm³/mol. The molecule has 21 heavy (non-hydrogen) atoms. The summed E-state index contributed by atoms with van der Waals surface area (Å²) in [5, 5.41) is 21.7. The number of aliphatic hydroxyl groups excluding tert-OH is 1. The second-order valence-electron chi connectivity index (χ2n) is 5.79. The fourth-order valence-electron chi connectivity index (χ4n) is 2.96. The summed E-state index contributed by atoms with van der Waals surface area (Å²) < 4.78 is 0. The van der Waals surface area contributed by atoms with Gasteiger partial charge >= 0.3 is 12.0 Å². The highest BCUT2D eigenvalue weighted by molar-refractivity contribution is 8.00. The van der Waals surface area contributed by atoms with Crippen molar-refractivity contribution in [3.05, 3.63) is 0 Å². The smallest absolute Gasteiger partial charge is 0.327 e. The Morgan fingerprint density at radius 2 is 1.95 bits per heavy atom. The van der Waals surface area contributed by atoms with Crippen LogP contribution in [0.4, 0.5) is 4.79 Å². The summed E-state index contributed by atoms with van der Waals surface area (Å²) >= 11 is 1.55. The van der Waals surface area contributed by atoms with E-state index in [1.54, 1.807) is 11.8 Å². The number of nitrogens with zero attached hydrogens (tertiary/aromatic N) is 1. The van der Waals surface area contributed by atoms with E-state index in [1.165, 1.54) is 4.90 Å². The van der Waals surface area contributed by atoms with Gasteiger partial charge in [-0.1, -0.05) is 13.3 Å². The molecule has 2 rings (SSSR count). The molecule has 0 aromatic rings. The van der Waals surface area contributed by atoms with Gasteiger partial charge in [0.05, 0.1) is 11.5 Å². The average molecular weight is 316 g/mol. The summed E-state index contributed by atoms with van der Waals surface area (Å²) in [6, 6.07) is -0.962. The zero-order valence-corrected chi connectivity index (χ0v) is 13.1. The van der Waals surface area contributed by atoms with Gasteiger partial charge in [-0.25, -0.2) is 9.59 Å². The first-order chi connectivity index (χ1) is 10.0. The molecular formula is C14H24N2O4S. The van der Waals surface area contributed by atoms with Gasteiger partial charge in [0.25, 0.3) is 0 Å². The fraction of sp³-hybridized carbons (Fsp3) is 0.857. The number of aliphatic carboxylic acids is 1. The summed E-state index contributed by atoms with van der Waals surface area (Å²) in [7, 11) is 0. The summed E-state index contributed by atoms with van der Waals surface area (Å²) in [5.41, 5.74) is 0. The van der Waals surface area contributed by atoms with Crippen LogP contribution < -0.4 is 5.32 Å². The number of carbonyl (C=O) groups excluding carboxylic acids is 1. The van der Waals surface area contributed by atoms with Crippen LogP contribution in [0.15, 0.2) is 0 Å². The van der Waals surface area contributed by atoms with Crippen LogP contribution in [0, 0.1) is 0 Å². The van der Waals surface area contributed by atoms with Crippen LogP contribution in [-0.2, 0) is 4.79 Å². The second-order valence-corrected chi connectivity index (χ2v) is 7.00. The number of thioether (sulfide) groups is 1. The van der Waals surface area contributed by atoms with Crippen LogP contribution in [0.5, 0.6) is 0 Å². The van der Waals surface area contributed by atoms with E-state index < -0.39 is 12.0 Å². The van der Waals surface area contributed by atoms with Gasteiger partial charge in [-0.3, -0.25) is 4.90 Å². The summed E-state index contributed by atoms with van der Waals surface area (Å²) in [4.78, 5) is 25.3. The number of carbonyl (C=O) groups is 2. The molecule has 6 nitrogen and oxygen atoms in total. The lowest BCUT2D eigenvalue weighted by molar-refractivity contribution is -0.141. The second kappa shape index (κ2) is 7.35. The SMILES string of the molecule is CCCC1SCC(C(=O)O)N1C(=O)NC1CCC(O)CC1. The minimum atomic E-state index is -0.935. The average Bonchev–Trinajstić information content (AvgIpc) is 2.86. The highest BCUT2D eigenvalue weighted by Crippen LogP contribution is 2.32. The molecule has 120 valence electrons. The fourth-order valence-corrected chi connectivity index (χ4v) is 4.48. The summed E-state index contributed by atoms with van der Waals surface area (Å²) in [6.45, 7) is 2.03. The van der Waals surface area contributed by atoms with Crippen LogP contribution >= 0.6 is 11.8 Å². The molecule has 1 aliphatic carbocycles.